The molecule has 9 heteroatoms. The summed E-state index contributed by atoms with van der Waals surface area (Å²) < 4.78 is 43.5. The molecular formula is C25H28F3N3O3. The largest absolute Gasteiger partial charge is 0.573 e. The number of ether oxygens (including phenoxy) is 1. The Morgan fingerprint density at radius 2 is 1.88 bits per heavy atom. The first-order valence-electron chi connectivity index (χ1n) is 11.2. The molecule has 2 N–H and O–H groups in total. The van der Waals surface area contributed by atoms with Crippen LogP contribution in [0.15, 0.2) is 36.4 Å². The molecule has 1 fully saturated rings. The molecule has 0 radical (unpaired) electrons. The summed E-state index contributed by atoms with van der Waals surface area (Å²) in [4.78, 5) is 16.4. The van der Waals surface area contributed by atoms with Crippen LogP contribution in [0.3, 0.4) is 0 Å². The van der Waals surface area contributed by atoms with Gasteiger partial charge >= 0.3 is 12.3 Å². The predicted molar refractivity (Wildman–Crippen MR) is 124 cm³/mol. The average Bonchev–Trinajstić information content (AvgIpc) is 3.02. The number of benzene rings is 2. The number of hydrogen-bond donors (Lipinski definition) is 2. The Morgan fingerprint density at radius 1 is 1.21 bits per heavy atom. The summed E-state index contributed by atoms with van der Waals surface area (Å²) in [6.45, 7) is 8.48. The van der Waals surface area contributed by atoms with E-state index in [0.717, 1.165) is 24.8 Å². The van der Waals surface area contributed by atoms with E-state index >= 15 is 0 Å². The first kappa shape index (κ1) is 23.9. The molecular weight excluding hydrogens is 447 g/mol. The Balaban J connectivity index is 1.77. The Labute approximate surface area is 195 Å². The van der Waals surface area contributed by atoms with E-state index in [2.05, 4.69) is 35.4 Å². The fourth-order valence-corrected chi connectivity index (χ4v) is 5.30. The van der Waals surface area contributed by atoms with Crippen LogP contribution >= 0.6 is 0 Å². The van der Waals surface area contributed by atoms with Gasteiger partial charge in [-0.05, 0) is 79.5 Å². The van der Waals surface area contributed by atoms with Crippen LogP contribution in [0.2, 0.25) is 0 Å². The Bertz CT molecular complexity index is 1220. The smallest absolute Gasteiger partial charge is 0.478 e. The molecule has 2 atom stereocenters. The molecule has 1 aliphatic carbocycles. The number of imidazole rings is 1. The van der Waals surface area contributed by atoms with Crippen LogP contribution in [0.1, 0.15) is 62.0 Å². The number of aryl methyl sites for hydroxylation is 1. The van der Waals surface area contributed by atoms with E-state index in [1.54, 1.807) is 13.0 Å². The summed E-state index contributed by atoms with van der Waals surface area (Å²) >= 11 is 0. The van der Waals surface area contributed by atoms with Gasteiger partial charge < -0.3 is 19.7 Å². The van der Waals surface area contributed by atoms with Crippen molar-refractivity contribution in [3.8, 4) is 5.75 Å². The molecule has 1 saturated carbocycles. The van der Waals surface area contributed by atoms with E-state index in [1.807, 2.05) is 6.07 Å². The summed E-state index contributed by atoms with van der Waals surface area (Å²) in [6, 6.07) is 9.02. The van der Waals surface area contributed by atoms with Crippen molar-refractivity contribution in [2.75, 3.05) is 5.32 Å². The summed E-state index contributed by atoms with van der Waals surface area (Å²) in [5.74, 6) is -0.305. The zero-order valence-electron chi connectivity index (χ0n) is 19.5. The molecule has 182 valence electrons. The third-order valence-electron chi connectivity index (χ3n) is 6.34. The number of carboxylic acid groups (broad SMARTS) is 1. The van der Waals surface area contributed by atoms with E-state index in [4.69, 9.17) is 4.98 Å². The van der Waals surface area contributed by atoms with Gasteiger partial charge in [-0.25, -0.2) is 9.78 Å². The van der Waals surface area contributed by atoms with Gasteiger partial charge in [0.1, 0.15) is 5.75 Å². The standard InChI is InChI=1S/C25H28F3N3O3/c1-14-9-17(13-24(3,4)12-14)31-21-10-15(2)19(22(32)33)11-20(21)30-23(31)29-16-5-7-18(8-6-16)34-25(26,27)28/h5-8,10-11,14,17H,9,12-13H2,1-4H3,(H,29,30)(H,32,33)/t14?,17-/m0/s1. The zero-order chi connectivity index (χ0) is 24.8. The Morgan fingerprint density at radius 3 is 2.47 bits per heavy atom. The van der Waals surface area contributed by atoms with Crippen molar-refractivity contribution in [1.82, 2.24) is 9.55 Å². The molecule has 3 aromatic rings. The highest BCUT2D eigenvalue weighted by molar-refractivity contribution is 5.95. The molecule has 1 aliphatic rings. The van der Waals surface area contributed by atoms with Crippen LogP contribution in [0, 0.1) is 18.3 Å². The van der Waals surface area contributed by atoms with Crippen molar-refractivity contribution >= 4 is 28.6 Å². The second-order valence-electron chi connectivity index (χ2n) is 10.0. The second kappa shape index (κ2) is 8.52. The lowest BCUT2D eigenvalue weighted by Gasteiger charge is -2.40. The first-order valence-corrected chi connectivity index (χ1v) is 11.2. The topological polar surface area (TPSA) is 76.4 Å². The highest BCUT2D eigenvalue weighted by atomic mass is 19.4. The molecule has 1 heterocycles. The zero-order valence-corrected chi connectivity index (χ0v) is 19.5. The molecule has 0 bridgehead atoms. The number of carbonyl (C=O) groups is 1. The summed E-state index contributed by atoms with van der Waals surface area (Å²) in [7, 11) is 0. The molecule has 1 unspecified atom stereocenters. The van der Waals surface area contributed by atoms with Gasteiger partial charge in [-0.15, -0.1) is 13.2 Å². The van der Waals surface area contributed by atoms with Crippen molar-refractivity contribution in [3.63, 3.8) is 0 Å². The lowest BCUT2D eigenvalue weighted by Crippen LogP contribution is -2.29. The van der Waals surface area contributed by atoms with E-state index in [-0.39, 0.29) is 22.8 Å². The highest BCUT2D eigenvalue weighted by Gasteiger charge is 2.35. The number of aromatic nitrogens is 2. The predicted octanol–water partition coefficient (Wildman–Crippen LogP) is 7.07. The van der Waals surface area contributed by atoms with Gasteiger partial charge in [-0.1, -0.05) is 20.8 Å². The molecule has 6 nitrogen and oxygen atoms in total. The van der Waals surface area contributed by atoms with Crippen LogP contribution in [-0.2, 0) is 0 Å². The number of anilines is 2. The molecule has 0 aliphatic heterocycles. The van der Waals surface area contributed by atoms with Crippen LogP contribution in [0.4, 0.5) is 24.8 Å². The molecule has 34 heavy (non-hydrogen) atoms. The summed E-state index contributed by atoms with van der Waals surface area (Å²) in [5.41, 5.74) is 2.89. The van der Waals surface area contributed by atoms with E-state index < -0.39 is 12.3 Å². The number of fused-ring (bicyclic) bond motifs is 1. The number of carboxylic acids is 1. The normalized spacial score (nSPS) is 20.3. The third kappa shape index (κ3) is 5.13. The van der Waals surface area contributed by atoms with E-state index in [0.29, 0.717) is 28.6 Å². The number of halogens is 3. The second-order valence-corrected chi connectivity index (χ2v) is 10.0. The number of rotatable bonds is 5. The van der Waals surface area contributed by atoms with Crippen molar-refractivity contribution < 1.29 is 27.8 Å². The van der Waals surface area contributed by atoms with E-state index in [1.165, 1.54) is 24.3 Å². The monoisotopic (exact) mass is 475 g/mol. The summed E-state index contributed by atoms with van der Waals surface area (Å²) in [5, 5.41) is 12.8. The number of nitrogens with one attached hydrogen (secondary N) is 1. The molecule has 2 aromatic carbocycles. The minimum absolute atomic E-state index is 0.128. The number of nitrogens with zero attached hydrogens (tertiary/aromatic N) is 2. The SMILES string of the molecule is Cc1cc2c(cc1C(=O)O)nc(Nc1ccc(OC(F)(F)F)cc1)n2[C@H]1CC(C)CC(C)(C)C1. The van der Waals surface area contributed by atoms with Gasteiger partial charge in [-0.2, -0.15) is 0 Å². The lowest BCUT2D eigenvalue weighted by atomic mass is 9.70. The molecule has 4 rings (SSSR count). The quantitative estimate of drug-likeness (QED) is 0.413. The highest BCUT2D eigenvalue weighted by Crippen LogP contribution is 2.46. The number of aromatic carboxylic acids is 1. The Kier molecular flexibility index (Phi) is 5.99. The average molecular weight is 476 g/mol. The Hall–Kier alpha value is -3.23. The lowest BCUT2D eigenvalue weighted by molar-refractivity contribution is -0.274. The minimum atomic E-state index is -4.76. The van der Waals surface area contributed by atoms with Gasteiger partial charge in [0.15, 0.2) is 0 Å². The molecule has 0 amide bonds. The number of alkyl halides is 3. The third-order valence-corrected chi connectivity index (χ3v) is 6.34. The van der Waals surface area contributed by atoms with Crippen LogP contribution < -0.4 is 10.1 Å². The number of hydrogen-bond acceptors (Lipinski definition) is 4. The minimum Gasteiger partial charge on any atom is -0.478 e. The van der Waals surface area contributed by atoms with Crippen molar-refractivity contribution in [2.24, 2.45) is 11.3 Å². The van der Waals surface area contributed by atoms with E-state index in [9.17, 15) is 23.1 Å². The van der Waals surface area contributed by atoms with Crippen molar-refractivity contribution in [2.45, 2.75) is 59.4 Å². The van der Waals surface area contributed by atoms with Gasteiger partial charge in [0, 0.05) is 11.7 Å². The maximum atomic E-state index is 12.5. The van der Waals surface area contributed by atoms with Crippen LogP contribution in [0.25, 0.3) is 11.0 Å². The van der Waals surface area contributed by atoms with Gasteiger partial charge in [0.05, 0.1) is 16.6 Å². The molecule has 0 saturated heterocycles. The summed E-state index contributed by atoms with van der Waals surface area (Å²) in [6.07, 6.45) is -1.77. The maximum Gasteiger partial charge on any atom is 0.573 e. The van der Waals surface area contributed by atoms with Crippen molar-refractivity contribution in [1.29, 1.82) is 0 Å². The van der Waals surface area contributed by atoms with Crippen LogP contribution in [-0.4, -0.2) is 27.0 Å². The maximum absolute atomic E-state index is 12.5. The van der Waals surface area contributed by atoms with Gasteiger partial charge in [0.2, 0.25) is 5.95 Å². The van der Waals surface area contributed by atoms with Gasteiger partial charge in [-0.3, -0.25) is 0 Å². The fourth-order valence-electron chi connectivity index (χ4n) is 5.30. The van der Waals surface area contributed by atoms with Crippen LogP contribution in [0.5, 0.6) is 5.75 Å². The molecule has 1 aromatic heterocycles. The van der Waals surface area contributed by atoms with Gasteiger partial charge in [0.25, 0.3) is 0 Å². The molecule has 0 spiro atoms. The van der Waals surface area contributed by atoms with Crippen molar-refractivity contribution in [3.05, 3.63) is 47.5 Å². The fraction of sp³-hybridized carbons (Fsp3) is 0.440. The first-order chi connectivity index (χ1) is 15.8.